The molecule has 0 aromatic rings. The van der Waals surface area contributed by atoms with Gasteiger partial charge >= 0.3 is 0 Å². The molecule has 1 N–H and O–H groups in total. The van der Waals surface area contributed by atoms with Crippen LogP contribution in [0.3, 0.4) is 0 Å². The fourth-order valence-corrected chi connectivity index (χ4v) is 7.17. The first-order valence-electron chi connectivity index (χ1n) is 15.8. The van der Waals surface area contributed by atoms with E-state index in [1.165, 1.54) is 77.0 Å². The van der Waals surface area contributed by atoms with Crippen molar-refractivity contribution in [1.82, 2.24) is 0 Å². The molecule has 3 fully saturated rings. The van der Waals surface area contributed by atoms with Crippen LogP contribution >= 0.6 is 0 Å². The average molecular weight is 509 g/mol. The van der Waals surface area contributed by atoms with Crippen LogP contribution in [-0.4, -0.2) is 49.8 Å². The highest BCUT2D eigenvalue weighted by Gasteiger charge is 2.40. The molecule has 0 aliphatic heterocycles. The highest BCUT2D eigenvalue weighted by atomic mass is 16.5. The zero-order chi connectivity index (χ0) is 26.0. The molecule has 2 unspecified atom stereocenters. The van der Waals surface area contributed by atoms with E-state index in [1.807, 2.05) is 0 Å². The minimum Gasteiger partial charge on any atom is -0.388 e. The Morgan fingerprint density at radius 3 is 1.69 bits per heavy atom. The first kappa shape index (κ1) is 30.4. The summed E-state index contributed by atoms with van der Waals surface area (Å²) >= 11 is 0. The Hall–Kier alpha value is -0.160. The molecular weight excluding hydrogens is 448 g/mol. The van der Waals surface area contributed by atoms with E-state index < -0.39 is 6.10 Å². The summed E-state index contributed by atoms with van der Waals surface area (Å²) < 4.78 is 18.2. The van der Waals surface area contributed by atoms with Crippen LogP contribution in [0, 0.1) is 35.0 Å². The maximum atomic E-state index is 10.4. The van der Waals surface area contributed by atoms with Crippen LogP contribution in [0.2, 0.25) is 0 Å². The lowest BCUT2D eigenvalue weighted by Gasteiger charge is -2.46. The van der Waals surface area contributed by atoms with Crippen molar-refractivity contribution in [2.45, 2.75) is 143 Å². The van der Waals surface area contributed by atoms with Crippen LogP contribution in [-0.2, 0) is 14.2 Å². The minimum absolute atomic E-state index is 0.306. The van der Waals surface area contributed by atoms with Crippen molar-refractivity contribution in [2.75, 3.05) is 26.4 Å². The number of hydrogen-bond acceptors (Lipinski definition) is 4. The van der Waals surface area contributed by atoms with Crippen molar-refractivity contribution in [3.05, 3.63) is 0 Å². The number of ether oxygens (including phenoxy) is 3. The Labute approximate surface area is 223 Å². The molecule has 0 bridgehead atoms. The van der Waals surface area contributed by atoms with E-state index in [0.717, 1.165) is 43.8 Å². The second-order valence-corrected chi connectivity index (χ2v) is 13.4. The Bertz CT molecular complexity index is 569. The predicted octanol–water partition coefficient (Wildman–Crippen LogP) is 7.80. The summed E-state index contributed by atoms with van der Waals surface area (Å²) in [5, 5.41) is 10.4. The highest BCUT2D eigenvalue weighted by molar-refractivity contribution is 4.91. The lowest BCUT2D eigenvalue weighted by molar-refractivity contribution is -0.0720. The molecule has 3 saturated carbocycles. The molecule has 0 radical (unpaired) electrons. The Morgan fingerprint density at radius 2 is 1.19 bits per heavy atom. The molecule has 36 heavy (non-hydrogen) atoms. The molecular formula is C32H60O4. The van der Waals surface area contributed by atoms with Crippen molar-refractivity contribution >= 4 is 0 Å². The van der Waals surface area contributed by atoms with E-state index in [0.29, 0.717) is 42.7 Å². The van der Waals surface area contributed by atoms with Gasteiger partial charge in [-0.15, -0.1) is 0 Å². The van der Waals surface area contributed by atoms with Gasteiger partial charge in [0, 0.05) is 13.2 Å². The Kier molecular flexibility index (Phi) is 13.0. The van der Waals surface area contributed by atoms with Gasteiger partial charge in [-0.05, 0) is 99.2 Å². The summed E-state index contributed by atoms with van der Waals surface area (Å²) in [7, 11) is 0. The second kappa shape index (κ2) is 15.4. The molecule has 4 nitrogen and oxygen atoms in total. The van der Waals surface area contributed by atoms with E-state index in [9.17, 15) is 5.11 Å². The van der Waals surface area contributed by atoms with Gasteiger partial charge in [0.05, 0.1) is 25.4 Å². The molecule has 0 amide bonds. The normalized spacial score (nSPS) is 33.8. The standard InChI is InChI=1S/C32H60O4/c1-6-24(3)20-35-30-16-12-27(13-17-30)32(4,5)28-14-18-31(19-15-28)36-23-29(33)22-34-21-26-10-8-25(7-2)9-11-26/h24-31,33H,6-23H2,1-5H3. The number of aliphatic hydroxyl groups is 1. The molecule has 0 saturated heterocycles. The van der Waals surface area contributed by atoms with Crippen molar-refractivity contribution in [1.29, 1.82) is 0 Å². The van der Waals surface area contributed by atoms with Crippen molar-refractivity contribution in [3.8, 4) is 0 Å². The van der Waals surface area contributed by atoms with Gasteiger partial charge in [0.2, 0.25) is 0 Å². The van der Waals surface area contributed by atoms with Crippen LogP contribution in [0.15, 0.2) is 0 Å². The maximum Gasteiger partial charge on any atom is 0.101 e. The molecule has 212 valence electrons. The monoisotopic (exact) mass is 508 g/mol. The molecule has 0 spiro atoms. The van der Waals surface area contributed by atoms with Crippen molar-refractivity contribution in [2.24, 2.45) is 35.0 Å². The summed E-state index contributed by atoms with van der Waals surface area (Å²) in [5.74, 6) is 3.90. The fraction of sp³-hybridized carbons (Fsp3) is 1.00. The van der Waals surface area contributed by atoms with Gasteiger partial charge in [0.1, 0.15) is 6.10 Å². The van der Waals surface area contributed by atoms with Crippen molar-refractivity contribution < 1.29 is 19.3 Å². The molecule has 3 aliphatic carbocycles. The zero-order valence-corrected chi connectivity index (χ0v) is 24.5. The highest BCUT2D eigenvalue weighted by Crippen LogP contribution is 2.49. The second-order valence-electron chi connectivity index (χ2n) is 13.4. The quantitative estimate of drug-likeness (QED) is 0.260. The van der Waals surface area contributed by atoms with Crippen LogP contribution in [0.5, 0.6) is 0 Å². The lowest BCUT2D eigenvalue weighted by Crippen LogP contribution is -2.39. The van der Waals surface area contributed by atoms with E-state index in [2.05, 4.69) is 34.6 Å². The third-order valence-electron chi connectivity index (χ3n) is 10.5. The molecule has 2 atom stereocenters. The Balaban J connectivity index is 1.26. The molecule has 0 aromatic carbocycles. The number of hydrogen-bond donors (Lipinski definition) is 1. The summed E-state index contributed by atoms with van der Waals surface area (Å²) in [5.41, 5.74) is 0.399. The van der Waals surface area contributed by atoms with Crippen LogP contribution < -0.4 is 0 Å². The van der Waals surface area contributed by atoms with Gasteiger partial charge in [-0.2, -0.15) is 0 Å². The van der Waals surface area contributed by atoms with E-state index in [1.54, 1.807) is 0 Å². The first-order chi connectivity index (χ1) is 17.3. The van der Waals surface area contributed by atoms with E-state index in [-0.39, 0.29) is 0 Å². The van der Waals surface area contributed by atoms with Gasteiger partial charge < -0.3 is 19.3 Å². The van der Waals surface area contributed by atoms with Gasteiger partial charge in [-0.3, -0.25) is 0 Å². The summed E-state index contributed by atoms with van der Waals surface area (Å²) in [6, 6.07) is 0. The van der Waals surface area contributed by atoms with Crippen LogP contribution in [0.4, 0.5) is 0 Å². The van der Waals surface area contributed by atoms with E-state index in [4.69, 9.17) is 14.2 Å². The zero-order valence-electron chi connectivity index (χ0n) is 24.5. The molecule has 3 aliphatic rings. The molecule has 0 aromatic heterocycles. The van der Waals surface area contributed by atoms with Gasteiger partial charge in [-0.25, -0.2) is 0 Å². The summed E-state index contributed by atoms with van der Waals surface area (Å²) in [6.45, 7) is 14.5. The van der Waals surface area contributed by atoms with Gasteiger partial charge in [-0.1, -0.05) is 60.3 Å². The SMILES string of the molecule is CCC(C)COC1CCC(C(C)(C)C2CCC(OCC(O)COCC3CCC(CC)CC3)CC2)CC1. The van der Waals surface area contributed by atoms with Crippen LogP contribution in [0.25, 0.3) is 0 Å². The summed E-state index contributed by atoms with van der Waals surface area (Å²) in [6.07, 6.45) is 18.0. The number of aliphatic hydroxyl groups excluding tert-OH is 1. The summed E-state index contributed by atoms with van der Waals surface area (Å²) in [4.78, 5) is 0. The maximum absolute atomic E-state index is 10.4. The van der Waals surface area contributed by atoms with E-state index >= 15 is 0 Å². The van der Waals surface area contributed by atoms with Crippen LogP contribution in [0.1, 0.15) is 125 Å². The van der Waals surface area contributed by atoms with Gasteiger partial charge in [0.15, 0.2) is 0 Å². The molecule has 0 heterocycles. The Morgan fingerprint density at radius 1 is 0.694 bits per heavy atom. The van der Waals surface area contributed by atoms with Crippen molar-refractivity contribution in [3.63, 3.8) is 0 Å². The molecule has 4 heteroatoms. The first-order valence-corrected chi connectivity index (χ1v) is 15.8. The predicted molar refractivity (Wildman–Crippen MR) is 149 cm³/mol. The fourth-order valence-electron chi connectivity index (χ4n) is 7.17. The lowest BCUT2D eigenvalue weighted by atomic mass is 9.60. The van der Waals surface area contributed by atoms with Gasteiger partial charge in [0.25, 0.3) is 0 Å². The smallest absolute Gasteiger partial charge is 0.101 e. The average Bonchev–Trinajstić information content (AvgIpc) is 2.91. The topological polar surface area (TPSA) is 47.9 Å². The molecule has 3 rings (SSSR count). The number of rotatable bonds is 14. The minimum atomic E-state index is -0.496. The third kappa shape index (κ3) is 9.54. The third-order valence-corrected chi connectivity index (χ3v) is 10.5. The largest absolute Gasteiger partial charge is 0.388 e.